The Kier molecular flexibility index (Phi) is 4.09. The van der Waals surface area contributed by atoms with Crippen LogP contribution in [0.5, 0.6) is 0 Å². The van der Waals surface area contributed by atoms with Gasteiger partial charge < -0.3 is 10.0 Å². The van der Waals surface area contributed by atoms with E-state index in [1.54, 1.807) is 13.1 Å². The average Bonchev–Trinajstić information content (AvgIpc) is 2.39. The number of amides is 1. The van der Waals surface area contributed by atoms with Crippen LogP contribution in [0.4, 0.5) is 0 Å². The van der Waals surface area contributed by atoms with Crippen molar-refractivity contribution in [1.29, 1.82) is 0 Å². The first-order chi connectivity index (χ1) is 9.06. The Balaban J connectivity index is 2.02. The minimum absolute atomic E-state index is 0.0308. The van der Waals surface area contributed by atoms with Gasteiger partial charge >= 0.3 is 5.97 Å². The van der Waals surface area contributed by atoms with Crippen molar-refractivity contribution in [2.45, 2.75) is 26.2 Å². The van der Waals surface area contributed by atoms with E-state index in [9.17, 15) is 9.59 Å². The van der Waals surface area contributed by atoms with Gasteiger partial charge in [-0.3, -0.25) is 9.78 Å². The molecule has 19 heavy (non-hydrogen) atoms. The van der Waals surface area contributed by atoms with E-state index in [2.05, 4.69) is 9.97 Å². The lowest BCUT2D eigenvalue weighted by Gasteiger charge is -2.31. The minimum Gasteiger partial charge on any atom is -0.476 e. The topological polar surface area (TPSA) is 83.4 Å². The smallest absolute Gasteiger partial charge is 0.356 e. The zero-order valence-electron chi connectivity index (χ0n) is 10.9. The third-order valence-corrected chi connectivity index (χ3v) is 3.37. The Morgan fingerprint density at radius 3 is 2.95 bits per heavy atom. The molecular formula is C13H17N3O3. The monoisotopic (exact) mass is 263 g/mol. The van der Waals surface area contributed by atoms with Crippen LogP contribution in [0.25, 0.3) is 0 Å². The summed E-state index contributed by atoms with van der Waals surface area (Å²) in [6.45, 7) is 3.11. The summed E-state index contributed by atoms with van der Waals surface area (Å²) in [5.74, 6) is -0.644. The fourth-order valence-electron chi connectivity index (χ4n) is 2.42. The normalized spacial score (nSPS) is 19.2. The lowest BCUT2D eigenvalue weighted by Crippen LogP contribution is -2.39. The van der Waals surface area contributed by atoms with Crippen LogP contribution in [0.1, 0.15) is 35.9 Å². The molecule has 1 aliphatic rings. The van der Waals surface area contributed by atoms with Gasteiger partial charge in [0, 0.05) is 26.2 Å². The van der Waals surface area contributed by atoms with Crippen molar-refractivity contribution >= 4 is 11.9 Å². The number of nitrogens with zero attached hydrogens (tertiary/aromatic N) is 3. The quantitative estimate of drug-likeness (QED) is 0.878. The molecule has 0 spiro atoms. The van der Waals surface area contributed by atoms with E-state index in [4.69, 9.17) is 5.11 Å². The molecule has 1 aromatic heterocycles. The van der Waals surface area contributed by atoms with Gasteiger partial charge in [0.2, 0.25) is 5.91 Å². The van der Waals surface area contributed by atoms with Gasteiger partial charge in [0.05, 0.1) is 11.9 Å². The molecule has 0 saturated carbocycles. The van der Waals surface area contributed by atoms with Crippen LogP contribution in [0, 0.1) is 5.92 Å². The Bertz CT molecular complexity index is 490. The molecule has 1 saturated heterocycles. The van der Waals surface area contributed by atoms with Gasteiger partial charge in [0.1, 0.15) is 0 Å². The van der Waals surface area contributed by atoms with Gasteiger partial charge in [0.25, 0.3) is 0 Å². The van der Waals surface area contributed by atoms with Crippen molar-refractivity contribution in [3.63, 3.8) is 0 Å². The fraction of sp³-hybridized carbons (Fsp3) is 0.538. The number of carbonyl (C=O) groups is 2. The summed E-state index contributed by atoms with van der Waals surface area (Å²) in [7, 11) is 0. The number of hydrogen-bond donors (Lipinski definition) is 1. The molecule has 2 heterocycles. The second-order valence-electron chi connectivity index (χ2n) is 4.88. The maximum atomic E-state index is 11.4. The van der Waals surface area contributed by atoms with Gasteiger partial charge in [-0.05, 0) is 25.2 Å². The second-order valence-corrected chi connectivity index (χ2v) is 4.88. The number of hydrogen-bond acceptors (Lipinski definition) is 4. The highest BCUT2D eigenvalue weighted by atomic mass is 16.4. The predicted molar refractivity (Wildman–Crippen MR) is 67.7 cm³/mol. The number of piperidine rings is 1. The Labute approximate surface area is 111 Å². The van der Waals surface area contributed by atoms with Gasteiger partial charge in [-0.25, -0.2) is 9.78 Å². The minimum atomic E-state index is -1.07. The van der Waals surface area contributed by atoms with Crippen molar-refractivity contribution < 1.29 is 14.7 Å². The first kappa shape index (κ1) is 13.5. The highest BCUT2D eigenvalue weighted by molar-refractivity contribution is 5.84. The maximum absolute atomic E-state index is 11.4. The summed E-state index contributed by atoms with van der Waals surface area (Å²) in [6, 6.07) is 0. The van der Waals surface area contributed by atoms with E-state index in [1.807, 2.05) is 4.90 Å². The lowest BCUT2D eigenvalue weighted by molar-refractivity contribution is -0.130. The second kappa shape index (κ2) is 5.77. The largest absolute Gasteiger partial charge is 0.476 e. The number of aromatic nitrogens is 2. The first-order valence-corrected chi connectivity index (χ1v) is 6.36. The van der Waals surface area contributed by atoms with Crippen molar-refractivity contribution in [3.8, 4) is 0 Å². The number of carboxylic acids is 1. The molecule has 1 atom stereocenters. The lowest BCUT2D eigenvalue weighted by atomic mass is 9.93. The summed E-state index contributed by atoms with van der Waals surface area (Å²) in [4.78, 5) is 32.0. The summed E-state index contributed by atoms with van der Waals surface area (Å²) in [6.07, 6.45) is 5.52. The third-order valence-electron chi connectivity index (χ3n) is 3.37. The highest BCUT2D eigenvalue weighted by Gasteiger charge is 2.22. The zero-order valence-corrected chi connectivity index (χ0v) is 10.9. The van der Waals surface area contributed by atoms with Crippen LogP contribution in [0.15, 0.2) is 12.4 Å². The molecule has 0 aromatic carbocycles. The third kappa shape index (κ3) is 3.49. The van der Waals surface area contributed by atoms with Crippen LogP contribution in [-0.2, 0) is 11.2 Å². The molecule has 0 bridgehead atoms. The van der Waals surface area contributed by atoms with Crippen LogP contribution in [0.3, 0.4) is 0 Å². The van der Waals surface area contributed by atoms with E-state index in [0.29, 0.717) is 24.6 Å². The van der Waals surface area contributed by atoms with Crippen molar-refractivity contribution in [3.05, 3.63) is 23.8 Å². The van der Waals surface area contributed by atoms with E-state index < -0.39 is 5.97 Å². The molecule has 1 fully saturated rings. The summed E-state index contributed by atoms with van der Waals surface area (Å²) >= 11 is 0. The Hall–Kier alpha value is -1.98. The van der Waals surface area contributed by atoms with Crippen LogP contribution < -0.4 is 0 Å². The molecule has 1 amide bonds. The molecule has 0 aliphatic carbocycles. The zero-order chi connectivity index (χ0) is 13.8. The van der Waals surface area contributed by atoms with E-state index in [1.165, 1.54) is 6.20 Å². The van der Waals surface area contributed by atoms with Gasteiger partial charge in [-0.15, -0.1) is 0 Å². The van der Waals surface area contributed by atoms with E-state index in [0.717, 1.165) is 19.4 Å². The molecule has 1 aromatic rings. The average molecular weight is 263 g/mol. The molecule has 6 nitrogen and oxygen atoms in total. The molecule has 1 aliphatic heterocycles. The fourth-order valence-corrected chi connectivity index (χ4v) is 2.42. The van der Waals surface area contributed by atoms with Crippen molar-refractivity contribution in [2.24, 2.45) is 5.92 Å². The number of likely N-dealkylation sites (tertiary alicyclic amines) is 1. The maximum Gasteiger partial charge on any atom is 0.356 e. The summed E-state index contributed by atoms with van der Waals surface area (Å²) in [5.41, 5.74) is 0.645. The molecule has 102 valence electrons. The predicted octanol–water partition coefficient (Wildman–Crippen LogP) is 0.976. The summed E-state index contributed by atoms with van der Waals surface area (Å²) < 4.78 is 0. The Morgan fingerprint density at radius 1 is 1.47 bits per heavy atom. The van der Waals surface area contributed by atoms with Crippen molar-refractivity contribution in [2.75, 3.05) is 13.1 Å². The molecule has 6 heteroatoms. The number of rotatable bonds is 3. The molecular weight excluding hydrogens is 246 g/mol. The number of carbonyl (C=O) groups excluding carboxylic acids is 1. The number of aromatic carboxylic acids is 1. The van der Waals surface area contributed by atoms with E-state index >= 15 is 0 Å². The summed E-state index contributed by atoms with van der Waals surface area (Å²) in [5, 5.41) is 8.87. The van der Waals surface area contributed by atoms with Crippen LogP contribution in [-0.4, -0.2) is 44.9 Å². The SMILES string of the molecule is CC(=O)N1CCC[C@H](Cc2cncc(C(=O)O)n2)C1. The molecule has 2 rings (SSSR count). The van der Waals surface area contributed by atoms with E-state index in [-0.39, 0.29) is 11.6 Å². The van der Waals surface area contributed by atoms with Gasteiger partial charge in [-0.1, -0.05) is 0 Å². The molecule has 0 radical (unpaired) electrons. The van der Waals surface area contributed by atoms with Crippen molar-refractivity contribution in [1.82, 2.24) is 14.9 Å². The molecule has 1 N–H and O–H groups in total. The van der Waals surface area contributed by atoms with Crippen LogP contribution >= 0.6 is 0 Å². The number of carboxylic acid groups (broad SMARTS) is 1. The Morgan fingerprint density at radius 2 is 2.26 bits per heavy atom. The van der Waals surface area contributed by atoms with Gasteiger partial charge in [0.15, 0.2) is 5.69 Å². The standard InChI is InChI=1S/C13H17N3O3/c1-9(17)16-4-2-3-10(8-16)5-11-6-14-7-12(15-11)13(18)19/h6-7,10H,2-5,8H2,1H3,(H,18,19)/t10-/m1/s1. The molecule has 0 unspecified atom stereocenters. The van der Waals surface area contributed by atoms with Crippen LogP contribution in [0.2, 0.25) is 0 Å². The van der Waals surface area contributed by atoms with Gasteiger partial charge in [-0.2, -0.15) is 0 Å². The highest BCUT2D eigenvalue weighted by Crippen LogP contribution is 2.20. The first-order valence-electron chi connectivity index (χ1n) is 6.36.